The fraction of sp³-hybridized carbons (Fsp3) is 0.800. The van der Waals surface area contributed by atoms with Crippen LogP contribution in [-0.2, 0) is 24.0 Å². The Morgan fingerprint density at radius 2 is 1.73 bits per heavy atom. The van der Waals surface area contributed by atoms with E-state index in [1.165, 1.54) is 0 Å². The second kappa shape index (κ2) is 6.75. The molecular formula is C15H22N2O5. The minimum Gasteiger partial charge on any atom is -0.350 e. The summed E-state index contributed by atoms with van der Waals surface area (Å²) in [5.41, 5.74) is 2.29. The van der Waals surface area contributed by atoms with Crippen LogP contribution >= 0.6 is 0 Å². The summed E-state index contributed by atoms with van der Waals surface area (Å²) in [7, 11) is 0. The molecule has 3 atom stereocenters. The fourth-order valence-corrected chi connectivity index (χ4v) is 3.50. The van der Waals surface area contributed by atoms with Crippen LogP contribution in [0.2, 0.25) is 0 Å². The molecule has 3 fully saturated rings. The molecule has 0 radical (unpaired) electrons. The van der Waals surface area contributed by atoms with Gasteiger partial charge in [-0.1, -0.05) is 12.8 Å². The molecule has 3 amide bonds. The number of rotatable bonds is 4. The third-order valence-corrected chi connectivity index (χ3v) is 4.68. The van der Waals surface area contributed by atoms with Crippen molar-refractivity contribution in [2.75, 3.05) is 13.2 Å². The zero-order valence-corrected chi connectivity index (χ0v) is 12.6. The lowest BCUT2D eigenvalue weighted by molar-refractivity contribution is -0.200. The van der Waals surface area contributed by atoms with E-state index in [9.17, 15) is 14.4 Å². The zero-order valence-electron chi connectivity index (χ0n) is 12.6. The van der Waals surface area contributed by atoms with Crippen LogP contribution in [0, 0.1) is 11.8 Å². The van der Waals surface area contributed by atoms with Crippen LogP contribution in [0.15, 0.2) is 0 Å². The Bertz CT molecular complexity index is 437. The maximum atomic E-state index is 12.3. The van der Waals surface area contributed by atoms with Gasteiger partial charge in [0.1, 0.15) is 6.54 Å². The van der Waals surface area contributed by atoms with E-state index in [0.717, 1.165) is 49.8 Å². The van der Waals surface area contributed by atoms with E-state index in [0.29, 0.717) is 6.61 Å². The van der Waals surface area contributed by atoms with Crippen molar-refractivity contribution in [1.29, 1.82) is 0 Å². The van der Waals surface area contributed by atoms with E-state index >= 15 is 0 Å². The van der Waals surface area contributed by atoms with Crippen LogP contribution in [0.5, 0.6) is 0 Å². The first-order valence-corrected chi connectivity index (χ1v) is 8.08. The van der Waals surface area contributed by atoms with Gasteiger partial charge in [-0.25, -0.2) is 10.3 Å². The van der Waals surface area contributed by atoms with Gasteiger partial charge in [0, 0.05) is 13.0 Å². The van der Waals surface area contributed by atoms with Crippen molar-refractivity contribution in [3.8, 4) is 0 Å². The average Bonchev–Trinajstić information content (AvgIpc) is 2.79. The standard InChI is InChI=1S/C15H22N2O5/c18-12(16-22-13-7-3-4-8-21-13)9-17-14(19)10-5-1-2-6-11(10)15(17)20/h10-11,13H,1-9H2,(H,16,18)/t10-,11+,13-/m1/s1. The summed E-state index contributed by atoms with van der Waals surface area (Å²) < 4.78 is 5.33. The van der Waals surface area contributed by atoms with Crippen LogP contribution in [0.4, 0.5) is 0 Å². The first kappa shape index (κ1) is 15.4. The van der Waals surface area contributed by atoms with Crippen LogP contribution < -0.4 is 5.48 Å². The van der Waals surface area contributed by atoms with Crippen molar-refractivity contribution >= 4 is 17.7 Å². The Morgan fingerprint density at radius 1 is 1.09 bits per heavy atom. The number of hydrogen-bond acceptors (Lipinski definition) is 5. The number of hydroxylamine groups is 1. The number of likely N-dealkylation sites (tertiary alicyclic amines) is 1. The van der Waals surface area contributed by atoms with E-state index in [1.54, 1.807) is 0 Å². The molecule has 1 saturated carbocycles. The van der Waals surface area contributed by atoms with Gasteiger partial charge < -0.3 is 4.74 Å². The molecule has 2 heterocycles. The van der Waals surface area contributed by atoms with E-state index in [1.807, 2.05) is 0 Å². The molecule has 0 aromatic heterocycles. The Morgan fingerprint density at radius 3 is 2.32 bits per heavy atom. The minimum absolute atomic E-state index is 0.209. The number of amides is 3. The van der Waals surface area contributed by atoms with Gasteiger partial charge in [0.25, 0.3) is 5.91 Å². The summed E-state index contributed by atoms with van der Waals surface area (Å²) in [5, 5.41) is 0. The molecule has 0 bridgehead atoms. The van der Waals surface area contributed by atoms with Gasteiger partial charge in [-0.05, 0) is 25.7 Å². The highest BCUT2D eigenvalue weighted by atomic mass is 16.8. The molecule has 0 unspecified atom stereocenters. The third-order valence-electron chi connectivity index (χ3n) is 4.68. The van der Waals surface area contributed by atoms with Gasteiger partial charge in [0.05, 0.1) is 11.8 Å². The Kier molecular flexibility index (Phi) is 4.73. The molecular weight excluding hydrogens is 288 g/mol. The van der Waals surface area contributed by atoms with Crippen molar-refractivity contribution in [3.63, 3.8) is 0 Å². The molecule has 2 saturated heterocycles. The van der Waals surface area contributed by atoms with E-state index < -0.39 is 12.2 Å². The molecule has 22 heavy (non-hydrogen) atoms. The van der Waals surface area contributed by atoms with Gasteiger partial charge in [-0.3, -0.25) is 19.3 Å². The maximum absolute atomic E-state index is 12.3. The molecule has 0 aromatic carbocycles. The van der Waals surface area contributed by atoms with Crippen molar-refractivity contribution in [3.05, 3.63) is 0 Å². The number of ether oxygens (including phenoxy) is 1. The summed E-state index contributed by atoms with van der Waals surface area (Å²) in [6.45, 7) is 0.352. The van der Waals surface area contributed by atoms with Gasteiger partial charge in [0.15, 0.2) is 6.29 Å². The Labute approximate surface area is 129 Å². The predicted molar refractivity (Wildman–Crippen MR) is 75.0 cm³/mol. The number of fused-ring (bicyclic) bond motifs is 1. The van der Waals surface area contributed by atoms with Gasteiger partial charge in [-0.15, -0.1) is 0 Å². The molecule has 7 heteroatoms. The van der Waals surface area contributed by atoms with Gasteiger partial charge >= 0.3 is 0 Å². The number of carbonyl (C=O) groups excluding carboxylic acids is 3. The molecule has 0 spiro atoms. The third kappa shape index (κ3) is 3.15. The second-order valence-electron chi connectivity index (χ2n) is 6.20. The average molecular weight is 310 g/mol. The van der Waals surface area contributed by atoms with Crippen molar-refractivity contribution in [1.82, 2.24) is 10.4 Å². The summed E-state index contributed by atoms with van der Waals surface area (Å²) in [6.07, 6.45) is 5.72. The highest BCUT2D eigenvalue weighted by Crippen LogP contribution is 2.37. The quantitative estimate of drug-likeness (QED) is 0.611. The van der Waals surface area contributed by atoms with E-state index in [4.69, 9.17) is 9.57 Å². The second-order valence-corrected chi connectivity index (χ2v) is 6.20. The summed E-state index contributed by atoms with van der Waals surface area (Å²) in [6, 6.07) is 0. The van der Waals surface area contributed by atoms with Crippen molar-refractivity contribution in [2.24, 2.45) is 11.8 Å². The molecule has 3 rings (SSSR count). The van der Waals surface area contributed by atoms with Crippen molar-refractivity contribution in [2.45, 2.75) is 51.2 Å². The number of imide groups is 1. The van der Waals surface area contributed by atoms with E-state index in [-0.39, 0.29) is 30.2 Å². The minimum atomic E-state index is -0.491. The lowest BCUT2D eigenvalue weighted by atomic mass is 9.81. The maximum Gasteiger partial charge on any atom is 0.263 e. The fourth-order valence-electron chi connectivity index (χ4n) is 3.50. The normalized spacial score (nSPS) is 32.0. The lowest BCUT2D eigenvalue weighted by Gasteiger charge is -2.22. The highest BCUT2D eigenvalue weighted by molar-refractivity contribution is 6.07. The largest absolute Gasteiger partial charge is 0.350 e. The SMILES string of the molecule is O=C(CN1C(=O)[C@H]2CCCC[C@H]2C1=O)NO[C@@H]1CCCCO1. The monoisotopic (exact) mass is 310 g/mol. The van der Waals surface area contributed by atoms with Crippen LogP contribution in [0.3, 0.4) is 0 Å². The van der Waals surface area contributed by atoms with Crippen molar-refractivity contribution < 1.29 is 24.0 Å². The molecule has 122 valence electrons. The highest BCUT2D eigenvalue weighted by Gasteiger charge is 2.48. The molecule has 1 aliphatic carbocycles. The Balaban J connectivity index is 1.50. The predicted octanol–water partition coefficient (Wildman–Crippen LogP) is 0.736. The van der Waals surface area contributed by atoms with Crippen LogP contribution in [0.1, 0.15) is 44.9 Å². The molecule has 2 aliphatic heterocycles. The summed E-state index contributed by atoms with van der Waals surface area (Å²) >= 11 is 0. The first-order valence-electron chi connectivity index (χ1n) is 8.08. The number of hydrogen-bond donors (Lipinski definition) is 1. The number of nitrogens with one attached hydrogen (secondary N) is 1. The molecule has 1 N–H and O–H groups in total. The van der Waals surface area contributed by atoms with Gasteiger partial charge in [-0.2, -0.15) is 0 Å². The summed E-state index contributed by atoms with van der Waals surface area (Å²) in [4.78, 5) is 42.7. The van der Waals surface area contributed by atoms with Gasteiger partial charge in [0.2, 0.25) is 11.8 Å². The van der Waals surface area contributed by atoms with Crippen LogP contribution in [0.25, 0.3) is 0 Å². The number of carbonyl (C=O) groups is 3. The Hall–Kier alpha value is -1.47. The molecule has 3 aliphatic rings. The first-order chi connectivity index (χ1) is 10.7. The summed E-state index contributed by atoms with van der Waals surface area (Å²) in [5.74, 6) is -1.36. The molecule has 0 aromatic rings. The lowest BCUT2D eigenvalue weighted by Crippen LogP contribution is -2.42. The van der Waals surface area contributed by atoms with Crippen LogP contribution in [-0.4, -0.2) is 42.1 Å². The molecule has 7 nitrogen and oxygen atoms in total. The zero-order chi connectivity index (χ0) is 15.5. The topological polar surface area (TPSA) is 84.9 Å². The number of nitrogens with zero attached hydrogens (tertiary/aromatic N) is 1. The smallest absolute Gasteiger partial charge is 0.263 e. The van der Waals surface area contributed by atoms with E-state index in [2.05, 4.69) is 5.48 Å².